The SMILES string of the molecule is Cc1ccccc1CN1CCC(C(=O)Nc2ccc(I)cc2)CC1. The fourth-order valence-electron chi connectivity index (χ4n) is 3.16. The van der Waals surface area contributed by atoms with Crippen molar-refractivity contribution in [2.75, 3.05) is 18.4 Å². The van der Waals surface area contributed by atoms with Crippen molar-refractivity contribution in [2.24, 2.45) is 5.92 Å². The van der Waals surface area contributed by atoms with Crippen LogP contribution in [-0.4, -0.2) is 23.9 Å². The van der Waals surface area contributed by atoms with E-state index in [9.17, 15) is 4.79 Å². The third-order valence-electron chi connectivity index (χ3n) is 4.73. The Morgan fingerprint density at radius 2 is 1.79 bits per heavy atom. The molecule has 1 amide bonds. The van der Waals surface area contributed by atoms with Crippen molar-refractivity contribution in [2.45, 2.75) is 26.3 Å². The van der Waals surface area contributed by atoms with Crippen LogP contribution in [-0.2, 0) is 11.3 Å². The molecule has 2 aromatic rings. The highest BCUT2D eigenvalue weighted by molar-refractivity contribution is 14.1. The van der Waals surface area contributed by atoms with Crippen molar-refractivity contribution in [1.29, 1.82) is 0 Å². The van der Waals surface area contributed by atoms with Gasteiger partial charge in [0.2, 0.25) is 5.91 Å². The van der Waals surface area contributed by atoms with Crippen LogP contribution in [0.15, 0.2) is 48.5 Å². The zero-order valence-electron chi connectivity index (χ0n) is 14.0. The maximum absolute atomic E-state index is 12.4. The molecular weight excluding hydrogens is 411 g/mol. The molecule has 0 aliphatic carbocycles. The molecule has 1 saturated heterocycles. The molecule has 4 heteroatoms. The molecule has 0 unspecified atom stereocenters. The van der Waals surface area contributed by atoms with Gasteiger partial charge in [-0.3, -0.25) is 9.69 Å². The van der Waals surface area contributed by atoms with Crippen molar-refractivity contribution in [3.63, 3.8) is 0 Å². The molecule has 0 saturated carbocycles. The van der Waals surface area contributed by atoms with Crippen molar-refractivity contribution < 1.29 is 4.79 Å². The van der Waals surface area contributed by atoms with E-state index in [4.69, 9.17) is 0 Å². The van der Waals surface area contributed by atoms with E-state index >= 15 is 0 Å². The smallest absolute Gasteiger partial charge is 0.227 e. The number of aryl methyl sites for hydroxylation is 1. The molecule has 1 aliphatic rings. The van der Waals surface area contributed by atoms with Crippen LogP contribution in [0.1, 0.15) is 24.0 Å². The summed E-state index contributed by atoms with van der Waals surface area (Å²) in [4.78, 5) is 14.9. The molecule has 3 rings (SSSR count). The summed E-state index contributed by atoms with van der Waals surface area (Å²) in [6, 6.07) is 16.5. The third-order valence-corrected chi connectivity index (χ3v) is 5.44. The minimum Gasteiger partial charge on any atom is -0.326 e. The van der Waals surface area contributed by atoms with Crippen LogP contribution in [0.2, 0.25) is 0 Å². The Morgan fingerprint density at radius 1 is 1.12 bits per heavy atom. The summed E-state index contributed by atoms with van der Waals surface area (Å²) in [5.74, 6) is 0.282. The Hall–Kier alpha value is -1.40. The fourth-order valence-corrected chi connectivity index (χ4v) is 3.52. The van der Waals surface area contributed by atoms with Crippen LogP contribution in [0.4, 0.5) is 5.69 Å². The average molecular weight is 434 g/mol. The highest BCUT2D eigenvalue weighted by atomic mass is 127. The van der Waals surface area contributed by atoms with Crippen LogP contribution >= 0.6 is 22.6 Å². The van der Waals surface area contributed by atoms with Gasteiger partial charge in [-0.15, -0.1) is 0 Å². The lowest BCUT2D eigenvalue weighted by Crippen LogP contribution is -2.37. The fraction of sp³-hybridized carbons (Fsp3) is 0.350. The van der Waals surface area contributed by atoms with Gasteiger partial charge in [0.1, 0.15) is 0 Å². The second-order valence-corrected chi connectivity index (χ2v) is 7.72. The number of carbonyl (C=O) groups is 1. The highest BCUT2D eigenvalue weighted by Gasteiger charge is 2.25. The van der Waals surface area contributed by atoms with E-state index in [-0.39, 0.29) is 11.8 Å². The maximum Gasteiger partial charge on any atom is 0.227 e. The first-order valence-corrected chi connectivity index (χ1v) is 9.53. The van der Waals surface area contributed by atoms with E-state index in [0.717, 1.165) is 38.2 Å². The number of likely N-dealkylation sites (tertiary alicyclic amines) is 1. The van der Waals surface area contributed by atoms with E-state index < -0.39 is 0 Å². The Bertz CT molecular complexity index is 691. The summed E-state index contributed by atoms with van der Waals surface area (Å²) in [7, 11) is 0. The summed E-state index contributed by atoms with van der Waals surface area (Å²) in [6.45, 7) is 5.12. The molecule has 0 spiro atoms. The van der Waals surface area contributed by atoms with E-state index in [1.807, 2.05) is 24.3 Å². The van der Waals surface area contributed by atoms with Gasteiger partial charge in [0.05, 0.1) is 0 Å². The number of rotatable bonds is 4. The van der Waals surface area contributed by atoms with Crippen LogP contribution in [0.3, 0.4) is 0 Å². The molecule has 24 heavy (non-hydrogen) atoms. The van der Waals surface area contributed by atoms with Crippen LogP contribution in [0.25, 0.3) is 0 Å². The van der Waals surface area contributed by atoms with E-state index in [1.165, 1.54) is 14.7 Å². The molecule has 1 fully saturated rings. The van der Waals surface area contributed by atoms with Crippen molar-refractivity contribution >= 4 is 34.2 Å². The van der Waals surface area contributed by atoms with Gasteiger partial charge in [-0.2, -0.15) is 0 Å². The maximum atomic E-state index is 12.4. The summed E-state index contributed by atoms with van der Waals surface area (Å²) in [5, 5.41) is 3.05. The minimum absolute atomic E-state index is 0.123. The van der Waals surface area contributed by atoms with E-state index in [1.54, 1.807) is 0 Å². The third kappa shape index (κ3) is 4.57. The normalized spacial score (nSPS) is 16.1. The topological polar surface area (TPSA) is 32.3 Å². The Labute approximate surface area is 157 Å². The van der Waals surface area contributed by atoms with Crippen LogP contribution in [0.5, 0.6) is 0 Å². The van der Waals surface area contributed by atoms with Gasteiger partial charge < -0.3 is 5.32 Å². The van der Waals surface area contributed by atoms with Crippen molar-refractivity contribution in [3.8, 4) is 0 Å². The molecule has 0 aromatic heterocycles. The number of carbonyl (C=O) groups excluding carboxylic acids is 1. The molecule has 0 bridgehead atoms. The zero-order chi connectivity index (χ0) is 16.9. The second-order valence-electron chi connectivity index (χ2n) is 6.47. The molecule has 0 radical (unpaired) electrons. The largest absolute Gasteiger partial charge is 0.326 e. The summed E-state index contributed by atoms with van der Waals surface area (Å²) in [6.07, 6.45) is 1.87. The number of anilines is 1. The van der Waals surface area contributed by atoms with Crippen LogP contribution < -0.4 is 5.32 Å². The molecular formula is C20H23IN2O. The molecule has 1 aliphatic heterocycles. The van der Waals surface area contributed by atoms with Crippen molar-refractivity contribution in [1.82, 2.24) is 4.90 Å². The minimum atomic E-state index is 0.123. The molecule has 1 N–H and O–H groups in total. The Kier molecular flexibility index (Phi) is 5.89. The van der Waals surface area contributed by atoms with Gasteiger partial charge in [-0.05, 0) is 90.8 Å². The lowest BCUT2D eigenvalue weighted by molar-refractivity contribution is -0.121. The van der Waals surface area contributed by atoms with E-state index in [0.29, 0.717) is 0 Å². The molecule has 126 valence electrons. The van der Waals surface area contributed by atoms with Gasteiger partial charge in [0, 0.05) is 21.7 Å². The lowest BCUT2D eigenvalue weighted by Gasteiger charge is -2.31. The predicted octanol–water partition coefficient (Wildman–Crippen LogP) is 4.45. The number of hydrogen-bond donors (Lipinski definition) is 1. The predicted molar refractivity (Wildman–Crippen MR) is 107 cm³/mol. The lowest BCUT2D eigenvalue weighted by atomic mass is 9.95. The first kappa shape index (κ1) is 17.4. The number of hydrogen-bond acceptors (Lipinski definition) is 2. The van der Waals surface area contributed by atoms with Crippen LogP contribution in [0, 0.1) is 16.4 Å². The number of nitrogens with zero attached hydrogens (tertiary/aromatic N) is 1. The van der Waals surface area contributed by atoms with Gasteiger partial charge in [0.25, 0.3) is 0 Å². The first-order chi connectivity index (χ1) is 11.6. The van der Waals surface area contributed by atoms with Gasteiger partial charge in [-0.1, -0.05) is 24.3 Å². The summed E-state index contributed by atoms with van der Waals surface area (Å²) >= 11 is 2.27. The molecule has 1 heterocycles. The molecule has 3 nitrogen and oxygen atoms in total. The first-order valence-electron chi connectivity index (χ1n) is 8.45. The standard InChI is InChI=1S/C20H23IN2O/c1-15-4-2-3-5-17(15)14-23-12-10-16(11-13-23)20(24)22-19-8-6-18(21)7-9-19/h2-9,16H,10-14H2,1H3,(H,22,24). The number of nitrogens with one attached hydrogen (secondary N) is 1. The Balaban J connectivity index is 1.50. The molecule has 0 atom stereocenters. The van der Waals surface area contributed by atoms with Crippen molar-refractivity contribution in [3.05, 3.63) is 63.2 Å². The monoisotopic (exact) mass is 434 g/mol. The van der Waals surface area contributed by atoms with Gasteiger partial charge >= 0.3 is 0 Å². The van der Waals surface area contributed by atoms with Gasteiger partial charge in [0.15, 0.2) is 0 Å². The highest BCUT2D eigenvalue weighted by Crippen LogP contribution is 2.22. The number of amides is 1. The zero-order valence-corrected chi connectivity index (χ0v) is 16.1. The van der Waals surface area contributed by atoms with Gasteiger partial charge in [-0.25, -0.2) is 0 Å². The Morgan fingerprint density at radius 3 is 2.46 bits per heavy atom. The number of halogens is 1. The summed E-state index contributed by atoms with van der Waals surface area (Å²) < 4.78 is 1.18. The number of benzene rings is 2. The number of piperidine rings is 1. The molecule has 2 aromatic carbocycles. The summed E-state index contributed by atoms with van der Waals surface area (Å²) in [5.41, 5.74) is 3.62. The second kappa shape index (κ2) is 8.12. The quantitative estimate of drug-likeness (QED) is 0.722. The average Bonchev–Trinajstić information content (AvgIpc) is 2.59. The van der Waals surface area contributed by atoms with E-state index in [2.05, 4.69) is 64.0 Å².